The SMILES string of the molecule is COC(CNC(=O)C1CCCN(C(=O)CCOc2ccccc2)C1)C(=O)O. The van der Waals surface area contributed by atoms with E-state index >= 15 is 0 Å². The Morgan fingerprint density at radius 2 is 2.04 bits per heavy atom. The summed E-state index contributed by atoms with van der Waals surface area (Å²) in [4.78, 5) is 37.3. The molecule has 148 valence electrons. The maximum absolute atomic E-state index is 12.4. The van der Waals surface area contributed by atoms with Gasteiger partial charge in [0.15, 0.2) is 6.10 Å². The lowest BCUT2D eigenvalue weighted by Gasteiger charge is -2.32. The molecule has 2 N–H and O–H groups in total. The van der Waals surface area contributed by atoms with Crippen LogP contribution in [-0.4, -0.2) is 67.2 Å². The molecular formula is C19H26N2O6. The first kappa shape index (κ1) is 20.7. The zero-order valence-electron chi connectivity index (χ0n) is 15.4. The van der Waals surface area contributed by atoms with Crippen LogP contribution < -0.4 is 10.1 Å². The molecule has 0 spiro atoms. The van der Waals surface area contributed by atoms with Crippen LogP contribution in [-0.2, 0) is 19.1 Å². The van der Waals surface area contributed by atoms with E-state index in [4.69, 9.17) is 14.6 Å². The van der Waals surface area contributed by atoms with Crippen molar-refractivity contribution in [2.24, 2.45) is 5.92 Å². The fourth-order valence-corrected chi connectivity index (χ4v) is 2.96. The fraction of sp³-hybridized carbons (Fsp3) is 0.526. The number of methoxy groups -OCH3 is 1. The highest BCUT2D eigenvalue weighted by atomic mass is 16.5. The molecule has 2 unspecified atom stereocenters. The van der Waals surface area contributed by atoms with Crippen molar-refractivity contribution in [2.45, 2.75) is 25.4 Å². The third kappa shape index (κ3) is 6.56. The minimum Gasteiger partial charge on any atom is -0.493 e. The van der Waals surface area contributed by atoms with Gasteiger partial charge >= 0.3 is 5.97 Å². The highest BCUT2D eigenvalue weighted by molar-refractivity contribution is 5.82. The number of carbonyl (C=O) groups is 3. The summed E-state index contributed by atoms with van der Waals surface area (Å²) in [7, 11) is 1.28. The van der Waals surface area contributed by atoms with Crippen LogP contribution >= 0.6 is 0 Å². The average Bonchev–Trinajstić information content (AvgIpc) is 2.69. The van der Waals surface area contributed by atoms with E-state index in [1.807, 2.05) is 30.3 Å². The van der Waals surface area contributed by atoms with Crippen LogP contribution in [0.4, 0.5) is 0 Å². The van der Waals surface area contributed by atoms with Gasteiger partial charge in [-0.25, -0.2) is 4.79 Å². The number of hydrogen-bond donors (Lipinski definition) is 2. The molecule has 1 heterocycles. The van der Waals surface area contributed by atoms with Gasteiger partial charge in [-0.2, -0.15) is 0 Å². The third-order valence-electron chi connectivity index (χ3n) is 4.49. The number of piperidine rings is 1. The summed E-state index contributed by atoms with van der Waals surface area (Å²) >= 11 is 0. The van der Waals surface area contributed by atoms with Crippen molar-refractivity contribution in [2.75, 3.05) is 33.4 Å². The molecule has 1 fully saturated rings. The van der Waals surface area contributed by atoms with Crippen molar-refractivity contribution in [3.05, 3.63) is 30.3 Å². The Bertz CT molecular complexity index is 636. The van der Waals surface area contributed by atoms with E-state index < -0.39 is 12.1 Å². The van der Waals surface area contributed by atoms with Crippen LogP contribution in [0.5, 0.6) is 5.75 Å². The quantitative estimate of drug-likeness (QED) is 0.662. The number of amides is 2. The molecule has 1 aromatic rings. The maximum Gasteiger partial charge on any atom is 0.334 e. The van der Waals surface area contributed by atoms with E-state index in [-0.39, 0.29) is 37.3 Å². The molecular weight excluding hydrogens is 352 g/mol. The van der Waals surface area contributed by atoms with Gasteiger partial charge in [-0.15, -0.1) is 0 Å². The Hall–Kier alpha value is -2.61. The molecule has 0 radical (unpaired) electrons. The van der Waals surface area contributed by atoms with E-state index in [1.165, 1.54) is 7.11 Å². The minimum absolute atomic E-state index is 0.0521. The predicted molar refractivity (Wildman–Crippen MR) is 97.3 cm³/mol. The van der Waals surface area contributed by atoms with Crippen molar-refractivity contribution in [1.82, 2.24) is 10.2 Å². The number of carbonyl (C=O) groups excluding carboxylic acids is 2. The number of hydrogen-bond acceptors (Lipinski definition) is 5. The van der Waals surface area contributed by atoms with Crippen molar-refractivity contribution in [3.63, 3.8) is 0 Å². The predicted octanol–water partition coefficient (Wildman–Crippen LogP) is 0.910. The van der Waals surface area contributed by atoms with Gasteiger partial charge in [0, 0.05) is 20.2 Å². The Labute approximate surface area is 158 Å². The second kappa shape index (κ2) is 10.5. The van der Waals surface area contributed by atoms with Crippen molar-refractivity contribution in [3.8, 4) is 5.75 Å². The highest BCUT2D eigenvalue weighted by Crippen LogP contribution is 2.18. The summed E-state index contributed by atoms with van der Waals surface area (Å²) in [6.07, 6.45) is 0.565. The van der Waals surface area contributed by atoms with Gasteiger partial charge < -0.3 is 24.8 Å². The van der Waals surface area contributed by atoms with Gasteiger partial charge in [0.2, 0.25) is 11.8 Å². The number of ether oxygens (including phenoxy) is 2. The Kier molecular flexibility index (Phi) is 8.06. The monoisotopic (exact) mass is 378 g/mol. The molecule has 1 aliphatic heterocycles. The molecule has 0 aromatic heterocycles. The smallest absolute Gasteiger partial charge is 0.334 e. The molecule has 1 aliphatic rings. The number of carboxylic acids is 1. The number of nitrogens with one attached hydrogen (secondary N) is 1. The van der Waals surface area contributed by atoms with E-state index in [1.54, 1.807) is 4.90 Å². The van der Waals surface area contributed by atoms with Crippen LogP contribution in [0.25, 0.3) is 0 Å². The van der Waals surface area contributed by atoms with E-state index in [9.17, 15) is 14.4 Å². The van der Waals surface area contributed by atoms with E-state index in [0.717, 1.165) is 6.42 Å². The maximum atomic E-state index is 12.4. The zero-order valence-corrected chi connectivity index (χ0v) is 15.4. The molecule has 2 atom stereocenters. The summed E-state index contributed by atoms with van der Waals surface area (Å²) in [5.74, 6) is -1.06. The highest BCUT2D eigenvalue weighted by Gasteiger charge is 2.29. The second-order valence-electron chi connectivity index (χ2n) is 6.40. The third-order valence-corrected chi connectivity index (χ3v) is 4.49. The normalized spacial score (nSPS) is 17.8. The lowest BCUT2D eigenvalue weighted by Crippen LogP contribution is -2.47. The number of likely N-dealkylation sites (tertiary alicyclic amines) is 1. The van der Waals surface area contributed by atoms with Crippen molar-refractivity contribution < 1.29 is 29.0 Å². The Morgan fingerprint density at radius 3 is 2.70 bits per heavy atom. The summed E-state index contributed by atoms with van der Waals surface area (Å²) < 4.78 is 10.3. The molecule has 2 rings (SSSR count). The molecule has 1 aromatic carbocycles. The molecule has 0 saturated carbocycles. The first-order valence-electron chi connectivity index (χ1n) is 9.00. The summed E-state index contributed by atoms with van der Waals surface area (Å²) in [5, 5.41) is 11.5. The summed E-state index contributed by atoms with van der Waals surface area (Å²) in [5.41, 5.74) is 0. The van der Waals surface area contributed by atoms with E-state index in [0.29, 0.717) is 25.3 Å². The summed E-state index contributed by atoms with van der Waals surface area (Å²) in [6.45, 7) is 1.13. The average molecular weight is 378 g/mol. The van der Waals surface area contributed by atoms with Gasteiger partial charge in [0.1, 0.15) is 5.75 Å². The van der Waals surface area contributed by atoms with Crippen LogP contribution in [0.1, 0.15) is 19.3 Å². The van der Waals surface area contributed by atoms with Crippen molar-refractivity contribution >= 4 is 17.8 Å². The Balaban J connectivity index is 1.76. The van der Waals surface area contributed by atoms with Crippen molar-refractivity contribution in [1.29, 1.82) is 0 Å². The zero-order chi connectivity index (χ0) is 19.6. The van der Waals surface area contributed by atoms with Crippen LogP contribution in [0, 0.1) is 5.92 Å². The molecule has 0 aliphatic carbocycles. The molecule has 0 bridgehead atoms. The van der Waals surface area contributed by atoms with Gasteiger partial charge in [-0.05, 0) is 25.0 Å². The van der Waals surface area contributed by atoms with Crippen LogP contribution in [0.2, 0.25) is 0 Å². The standard InChI is InChI=1S/C19H26N2O6/c1-26-16(19(24)25)12-20-18(23)14-6-5-10-21(13-14)17(22)9-11-27-15-7-3-2-4-8-15/h2-4,7-8,14,16H,5-6,9-13H2,1H3,(H,20,23)(H,24,25). The summed E-state index contributed by atoms with van der Waals surface area (Å²) in [6, 6.07) is 9.28. The number of nitrogens with zero attached hydrogens (tertiary/aromatic N) is 1. The lowest BCUT2D eigenvalue weighted by atomic mass is 9.97. The fourth-order valence-electron chi connectivity index (χ4n) is 2.96. The topological polar surface area (TPSA) is 105 Å². The van der Waals surface area contributed by atoms with Crippen LogP contribution in [0.3, 0.4) is 0 Å². The molecule has 2 amide bonds. The molecule has 8 nitrogen and oxygen atoms in total. The van der Waals surface area contributed by atoms with Crippen LogP contribution in [0.15, 0.2) is 30.3 Å². The number of rotatable bonds is 9. The first-order valence-corrected chi connectivity index (χ1v) is 9.00. The number of aliphatic carboxylic acids is 1. The van der Waals surface area contributed by atoms with Gasteiger partial charge in [0.25, 0.3) is 0 Å². The molecule has 1 saturated heterocycles. The lowest BCUT2D eigenvalue weighted by molar-refractivity contribution is -0.148. The van der Waals surface area contributed by atoms with Gasteiger partial charge in [0.05, 0.1) is 25.5 Å². The van der Waals surface area contributed by atoms with Gasteiger partial charge in [-0.3, -0.25) is 9.59 Å². The second-order valence-corrected chi connectivity index (χ2v) is 6.40. The molecule has 8 heteroatoms. The van der Waals surface area contributed by atoms with Gasteiger partial charge in [-0.1, -0.05) is 18.2 Å². The Morgan fingerprint density at radius 1 is 1.30 bits per heavy atom. The minimum atomic E-state index is -1.13. The number of benzene rings is 1. The number of carboxylic acid groups (broad SMARTS) is 1. The number of para-hydroxylation sites is 1. The first-order chi connectivity index (χ1) is 13.0. The largest absolute Gasteiger partial charge is 0.493 e. The van der Waals surface area contributed by atoms with E-state index in [2.05, 4.69) is 5.32 Å². The molecule has 27 heavy (non-hydrogen) atoms.